The van der Waals surface area contributed by atoms with Crippen LogP contribution in [0.25, 0.3) is 0 Å². The highest BCUT2D eigenvalue weighted by molar-refractivity contribution is 7.09. The summed E-state index contributed by atoms with van der Waals surface area (Å²) in [6.45, 7) is 4.35. The van der Waals surface area contributed by atoms with Gasteiger partial charge in [-0.15, -0.1) is 11.3 Å². The van der Waals surface area contributed by atoms with Gasteiger partial charge in [0.1, 0.15) is 5.01 Å². The van der Waals surface area contributed by atoms with Crippen LogP contribution in [0.4, 0.5) is 4.79 Å². The lowest BCUT2D eigenvalue weighted by atomic mass is 10.2. The minimum atomic E-state index is -0.153. The maximum Gasteiger partial charge on any atom is 0.318 e. The maximum atomic E-state index is 12.9. The fourth-order valence-corrected chi connectivity index (χ4v) is 3.75. The molecule has 1 N–H and O–H groups in total. The molecule has 1 fully saturated rings. The lowest BCUT2D eigenvalue weighted by Gasteiger charge is -2.24. The third-order valence-electron chi connectivity index (χ3n) is 4.35. The van der Waals surface area contributed by atoms with Crippen molar-refractivity contribution >= 4 is 23.3 Å². The van der Waals surface area contributed by atoms with Crippen LogP contribution in [-0.4, -0.2) is 45.9 Å². The Morgan fingerprint density at radius 3 is 2.85 bits per heavy atom. The Morgan fingerprint density at radius 2 is 2.15 bits per heavy atom. The van der Waals surface area contributed by atoms with E-state index in [1.807, 2.05) is 40.6 Å². The van der Waals surface area contributed by atoms with E-state index in [1.165, 1.54) is 11.3 Å². The van der Waals surface area contributed by atoms with Crippen molar-refractivity contribution in [2.24, 2.45) is 0 Å². The molecule has 0 radical (unpaired) electrons. The second-order valence-electron chi connectivity index (χ2n) is 6.46. The summed E-state index contributed by atoms with van der Waals surface area (Å²) >= 11 is 1.53. The summed E-state index contributed by atoms with van der Waals surface area (Å²) in [5.41, 5.74) is 1.06. The zero-order valence-corrected chi connectivity index (χ0v) is 15.7. The van der Waals surface area contributed by atoms with Crippen molar-refractivity contribution in [3.8, 4) is 0 Å². The Labute approximate surface area is 157 Å². The molecule has 2 heterocycles. The number of aromatic nitrogens is 1. The van der Waals surface area contributed by atoms with E-state index in [0.29, 0.717) is 26.1 Å². The van der Waals surface area contributed by atoms with Gasteiger partial charge in [-0.25, -0.2) is 9.78 Å². The number of rotatable bonds is 7. The van der Waals surface area contributed by atoms with E-state index >= 15 is 0 Å². The molecule has 1 aliphatic rings. The van der Waals surface area contributed by atoms with Gasteiger partial charge in [-0.05, 0) is 12.0 Å². The van der Waals surface area contributed by atoms with Crippen LogP contribution in [0, 0.1) is 0 Å². The predicted octanol–water partition coefficient (Wildman–Crippen LogP) is 2.87. The zero-order chi connectivity index (χ0) is 18.4. The van der Waals surface area contributed by atoms with Crippen LogP contribution in [-0.2, 0) is 17.9 Å². The summed E-state index contributed by atoms with van der Waals surface area (Å²) in [4.78, 5) is 32.8. The molecule has 26 heavy (non-hydrogen) atoms. The third kappa shape index (κ3) is 4.82. The molecule has 1 aromatic carbocycles. The highest BCUT2D eigenvalue weighted by Gasteiger charge is 2.31. The summed E-state index contributed by atoms with van der Waals surface area (Å²) in [7, 11) is 0. The van der Waals surface area contributed by atoms with E-state index in [2.05, 4.69) is 17.2 Å². The quantitative estimate of drug-likeness (QED) is 0.813. The van der Waals surface area contributed by atoms with Crippen molar-refractivity contribution in [1.82, 2.24) is 20.1 Å². The van der Waals surface area contributed by atoms with Gasteiger partial charge in [0.15, 0.2) is 0 Å². The molecule has 7 heteroatoms. The van der Waals surface area contributed by atoms with Crippen LogP contribution in [0.3, 0.4) is 0 Å². The van der Waals surface area contributed by atoms with Gasteiger partial charge in [-0.3, -0.25) is 4.79 Å². The maximum absolute atomic E-state index is 12.9. The highest BCUT2D eigenvalue weighted by Crippen LogP contribution is 2.15. The number of nitrogens with zero attached hydrogens (tertiary/aromatic N) is 3. The molecule has 3 amide bonds. The van der Waals surface area contributed by atoms with Gasteiger partial charge in [-0.1, -0.05) is 37.3 Å². The van der Waals surface area contributed by atoms with Crippen LogP contribution in [0.2, 0.25) is 0 Å². The standard InChI is InChI=1S/C19H24N4O2S/c1-2-9-22-13-16(11-18(22)24)21-19(25)23(14-17-20-8-10-26-17)12-15-6-4-3-5-7-15/h3-8,10,16H,2,9,11-14H2,1H3,(H,21,25). The smallest absolute Gasteiger partial charge is 0.318 e. The number of amides is 3. The summed E-state index contributed by atoms with van der Waals surface area (Å²) in [5.74, 6) is 0.117. The Morgan fingerprint density at radius 1 is 1.35 bits per heavy atom. The lowest BCUT2D eigenvalue weighted by molar-refractivity contribution is -0.127. The summed E-state index contributed by atoms with van der Waals surface area (Å²) in [5, 5.41) is 5.84. The second-order valence-corrected chi connectivity index (χ2v) is 7.44. The van der Waals surface area contributed by atoms with Crippen molar-refractivity contribution in [1.29, 1.82) is 0 Å². The molecule has 1 aliphatic heterocycles. The minimum absolute atomic E-state index is 0.117. The first-order chi connectivity index (χ1) is 12.7. The monoisotopic (exact) mass is 372 g/mol. The number of thiazole rings is 1. The number of carbonyl (C=O) groups is 2. The molecular formula is C19H24N4O2S. The molecule has 1 saturated heterocycles. The number of likely N-dealkylation sites (tertiary alicyclic amines) is 1. The second kappa shape index (κ2) is 8.80. The zero-order valence-electron chi connectivity index (χ0n) is 14.9. The van der Waals surface area contributed by atoms with Crippen LogP contribution in [0.5, 0.6) is 0 Å². The molecule has 1 atom stereocenters. The molecule has 0 saturated carbocycles. The Hall–Kier alpha value is -2.41. The van der Waals surface area contributed by atoms with E-state index in [9.17, 15) is 9.59 Å². The average Bonchev–Trinajstić information content (AvgIpc) is 3.26. The van der Waals surface area contributed by atoms with Gasteiger partial charge in [0, 0.05) is 37.6 Å². The Balaban J connectivity index is 1.65. The number of urea groups is 1. The SMILES string of the molecule is CCCN1CC(NC(=O)N(Cc2ccccc2)Cc2nccs2)CC1=O. The van der Waals surface area contributed by atoms with Gasteiger partial charge in [0.2, 0.25) is 5.91 Å². The van der Waals surface area contributed by atoms with Crippen molar-refractivity contribution < 1.29 is 9.59 Å². The summed E-state index contributed by atoms with van der Waals surface area (Å²) < 4.78 is 0. The van der Waals surface area contributed by atoms with Crippen molar-refractivity contribution in [3.05, 3.63) is 52.5 Å². The van der Waals surface area contributed by atoms with Crippen molar-refractivity contribution in [3.63, 3.8) is 0 Å². The Kier molecular flexibility index (Phi) is 6.22. The first kappa shape index (κ1) is 18.4. The third-order valence-corrected chi connectivity index (χ3v) is 5.11. The molecular weight excluding hydrogens is 348 g/mol. The van der Waals surface area contributed by atoms with Gasteiger partial charge in [0.05, 0.1) is 12.6 Å². The minimum Gasteiger partial charge on any atom is -0.341 e. The van der Waals surface area contributed by atoms with Gasteiger partial charge >= 0.3 is 6.03 Å². The number of benzene rings is 1. The van der Waals surface area contributed by atoms with Crippen LogP contribution >= 0.6 is 11.3 Å². The van der Waals surface area contributed by atoms with Crippen LogP contribution < -0.4 is 5.32 Å². The normalized spacial score (nSPS) is 16.7. The van der Waals surface area contributed by atoms with Crippen molar-refractivity contribution in [2.45, 2.75) is 38.9 Å². The van der Waals surface area contributed by atoms with E-state index in [1.54, 1.807) is 11.1 Å². The van der Waals surface area contributed by atoms with E-state index in [0.717, 1.165) is 23.5 Å². The van der Waals surface area contributed by atoms with Crippen LogP contribution in [0.1, 0.15) is 30.3 Å². The first-order valence-corrected chi connectivity index (χ1v) is 9.79. The number of carbonyl (C=O) groups excluding carboxylic acids is 2. The predicted molar refractivity (Wildman–Crippen MR) is 102 cm³/mol. The first-order valence-electron chi connectivity index (χ1n) is 8.91. The molecule has 1 aromatic heterocycles. The molecule has 2 aromatic rings. The molecule has 6 nitrogen and oxygen atoms in total. The Bertz CT molecular complexity index is 720. The number of nitrogens with one attached hydrogen (secondary N) is 1. The molecule has 0 aliphatic carbocycles. The van der Waals surface area contributed by atoms with E-state index in [4.69, 9.17) is 0 Å². The lowest BCUT2D eigenvalue weighted by Crippen LogP contribution is -2.45. The summed E-state index contributed by atoms with van der Waals surface area (Å²) in [6.07, 6.45) is 3.05. The number of hydrogen-bond donors (Lipinski definition) is 1. The highest BCUT2D eigenvalue weighted by atomic mass is 32.1. The molecule has 0 bridgehead atoms. The topological polar surface area (TPSA) is 65.5 Å². The largest absolute Gasteiger partial charge is 0.341 e. The summed E-state index contributed by atoms with van der Waals surface area (Å²) in [6, 6.07) is 9.62. The molecule has 0 spiro atoms. The van der Waals surface area contributed by atoms with Crippen molar-refractivity contribution in [2.75, 3.05) is 13.1 Å². The fraction of sp³-hybridized carbons (Fsp3) is 0.421. The molecule has 138 valence electrons. The van der Waals surface area contributed by atoms with Gasteiger partial charge < -0.3 is 15.1 Å². The van der Waals surface area contributed by atoms with Gasteiger partial charge in [0.25, 0.3) is 0 Å². The average molecular weight is 372 g/mol. The van der Waals surface area contributed by atoms with Gasteiger partial charge in [-0.2, -0.15) is 0 Å². The molecule has 1 unspecified atom stereocenters. The number of hydrogen-bond acceptors (Lipinski definition) is 4. The van der Waals surface area contributed by atoms with E-state index in [-0.39, 0.29) is 18.0 Å². The molecule has 3 rings (SSSR count). The fourth-order valence-electron chi connectivity index (χ4n) is 3.12. The van der Waals surface area contributed by atoms with E-state index < -0.39 is 0 Å². The van der Waals surface area contributed by atoms with Crippen LogP contribution in [0.15, 0.2) is 41.9 Å².